The predicted octanol–water partition coefficient (Wildman–Crippen LogP) is 5.45. The molecular formula is C22H35BSi2. The van der Waals surface area contributed by atoms with Crippen molar-refractivity contribution < 1.29 is 0 Å². The number of benzene rings is 1. The van der Waals surface area contributed by atoms with Crippen LogP contribution in [0.1, 0.15) is 12.8 Å². The van der Waals surface area contributed by atoms with Gasteiger partial charge < -0.3 is 0 Å². The van der Waals surface area contributed by atoms with Crippen LogP contribution in [0.5, 0.6) is 0 Å². The zero-order chi connectivity index (χ0) is 18.9. The summed E-state index contributed by atoms with van der Waals surface area (Å²) in [5.74, 6) is 0. The molecule has 0 nitrogen and oxygen atoms in total. The SMILES string of the molecule is Bc1ccccc1.C[Si](C)(C)C1=CC=CC1.C[Si](C)(C)C1=CC=CC1. The molecule has 0 saturated heterocycles. The van der Waals surface area contributed by atoms with Crippen molar-refractivity contribution in [3.8, 4) is 0 Å². The molecule has 0 N–H and O–H groups in total. The Labute approximate surface area is 158 Å². The largest absolute Gasteiger partial charge is 0.139 e. The fourth-order valence-corrected chi connectivity index (χ4v) is 5.19. The third-order valence-electron chi connectivity index (χ3n) is 4.41. The van der Waals surface area contributed by atoms with Crippen molar-refractivity contribution in [3.05, 3.63) is 77.2 Å². The molecule has 0 aliphatic heterocycles. The van der Waals surface area contributed by atoms with Gasteiger partial charge >= 0.3 is 0 Å². The molecule has 0 aromatic heterocycles. The van der Waals surface area contributed by atoms with Crippen molar-refractivity contribution in [2.45, 2.75) is 52.1 Å². The smallest absolute Gasteiger partial charge is 0.0890 e. The van der Waals surface area contributed by atoms with Gasteiger partial charge in [0.05, 0.1) is 16.1 Å². The van der Waals surface area contributed by atoms with Gasteiger partial charge in [-0.15, -0.1) is 0 Å². The van der Waals surface area contributed by atoms with E-state index in [1.54, 1.807) is 10.4 Å². The van der Waals surface area contributed by atoms with Gasteiger partial charge in [0.1, 0.15) is 7.85 Å². The van der Waals surface area contributed by atoms with Crippen molar-refractivity contribution in [2.75, 3.05) is 0 Å². The third-order valence-corrected chi connectivity index (χ3v) is 9.00. The molecule has 3 heteroatoms. The fourth-order valence-electron chi connectivity index (χ4n) is 2.54. The van der Waals surface area contributed by atoms with Crippen LogP contribution in [-0.2, 0) is 0 Å². The minimum absolute atomic E-state index is 0.926. The number of hydrogen-bond donors (Lipinski definition) is 0. The molecule has 1 aromatic carbocycles. The van der Waals surface area contributed by atoms with Gasteiger partial charge in [-0.3, -0.25) is 0 Å². The molecule has 0 fully saturated rings. The standard InChI is InChI=1S/2C8H14Si.C6H7B/c2*1-9(2,3)8-6-4-5-7-8;7-6-4-2-1-3-5-6/h2*4-6H,7H2,1-3H3;1-5H,7H2. The van der Waals surface area contributed by atoms with E-state index >= 15 is 0 Å². The predicted molar refractivity (Wildman–Crippen MR) is 125 cm³/mol. The molecule has 0 spiro atoms. The molecular weight excluding hydrogens is 331 g/mol. The molecule has 0 amide bonds. The Kier molecular flexibility index (Phi) is 8.67. The van der Waals surface area contributed by atoms with Gasteiger partial charge in [0.15, 0.2) is 0 Å². The van der Waals surface area contributed by atoms with Gasteiger partial charge in [-0.2, -0.15) is 0 Å². The van der Waals surface area contributed by atoms with Crippen LogP contribution in [0.3, 0.4) is 0 Å². The second-order valence-corrected chi connectivity index (χ2v) is 19.1. The number of allylic oxidation sites excluding steroid dienone is 8. The Morgan fingerprint density at radius 2 is 1.08 bits per heavy atom. The molecule has 2 aliphatic rings. The first kappa shape index (κ1) is 21.7. The van der Waals surface area contributed by atoms with Crippen molar-refractivity contribution in [1.82, 2.24) is 0 Å². The molecule has 2 aliphatic carbocycles. The van der Waals surface area contributed by atoms with Crippen LogP contribution < -0.4 is 5.46 Å². The topological polar surface area (TPSA) is 0 Å². The average molecular weight is 367 g/mol. The minimum Gasteiger partial charge on any atom is -0.0890 e. The molecule has 0 saturated carbocycles. The van der Waals surface area contributed by atoms with Crippen LogP contribution in [0, 0.1) is 0 Å². The van der Waals surface area contributed by atoms with Crippen molar-refractivity contribution in [2.24, 2.45) is 0 Å². The highest BCUT2D eigenvalue weighted by atomic mass is 28.3. The van der Waals surface area contributed by atoms with E-state index in [-0.39, 0.29) is 0 Å². The van der Waals surface area contributed by atoms with Crippen LogP contribution in [-0.4, -0.2) is 24.0 Å². The Balaban J connectivity index is 0.000000189. The lowest BCUT2D eigenvalue weighted by Gasteiger charge is -2.16. The van der Waals surface area contributed by atoms with Crippen molar-refractivity contribution in [3.63, 3.8) is 0 Å². The highest BCUT2D eigenvalue weighted by Gasteiger charge is 2.19. The highest BCUT2D eigenvalue weighted by Crippen LogP contribution is 2.22. The molecule has 0 bridgehead atoms. The number of hydrogen-bond acceptors (Lipinski definition) is 0. The summed E-state index contributed by atoms with van der Waals surface area (Å²) in [7, 11) is 0.232. The Bertz CT molecular complexity index is 599. The Morgan fingerprint density at radius 3 is 1.24 bits per heavy atom. The maximum Gasteiger partial charge on any atom is 0.139 e. The van der Waals surface area contributed by atoms with Crippen molar-refractivity contribution in [1.29, 1.82) is 0 Å². The van der Waals surface area contributed by atoms with Gasteiger partial charge in [-0.05, 0) is 12.8 Å². The van der Waals surface area contributed by atoms with E-state index in [9.17, 15) is 0 Å². The van der Waals surface area contributed by atoms with Gasteiger partial charge in [-0.1, -0.05) is 122 Å². The second-order valence-electron chi connectivity index (χ2n) is 8.80. The van der Waals surface area contributed by atoms with Gasteiger partial charge in [0.2, 0.25) is 0 Å². The molecule has 25 heavy (non-hydrogen) atoms. The quantitative estimate of drug-likeness (QED) is 0.611. The lowest BCUT2D eigenvalue weighted by molar-refractivity contribution is 1.35. The van der Waals surface area contributed by atoms with Crippen LogP contribution >= 0.6 is 0 Å². The third kappa shape index (κ3) is 9.08. The summed E-state index contributed by atoms with van der Waals surface area (Å²) in [6.07, 6.45) is 15.8. The van der Waals surface area contributed by atoms with E-state index in [1.807, 2.05) is 18.2 Å². The van der Waals surface area contributed by atoms with Gasteiger partial charge in [0, 0.05) is 0 Å². The minimum atomic E-state index is -0.926. The second kappa shape index (κ2) is 9.98. The number of rotatable bonds is 2. The van der Waals surface area contributed by atoms with Crippen molar-refractivity contribution >= 4 is 29.5 Å². The summed E-state index contributed by atoms with van der Waals surface area (Å²) in [5, 5.41) is 3.37. The van der Waals surface area contributed by atoms with E-state index in [2.05, 4.69) is 95.7 Å². The van der Waals surface area contributed by atoms with E-state index in [0.717, 1.165) is 0 Å². The first-order valence-electron chi connectivity index (χ1n) is 9.34. The molecule has 0 atom stereocenters. The fraction of sp³-hybridized carbons (Fsp3) is 0.364. The van der Waals surface area contributed by atoms with Gasteiger partial charge in [-0.25, -0.2) is 0 Å². The van der Waals surface area contributed by atoms with Crippen LogP contribution in [0.15, 0.2) is 77.2 Å². The molecule has 134 valence electrons. The van der Waals surface area contributed by atoms with Crippen LogP contribution in [0.4, 0.5) is 0 Å². The Hall–Kier alpha value is -1.32. The van der Waals surface area contributed by atoms with E-state index < -0.39 is 16.1 Å². The summed E-state index contributed by atoms with van der Waals surface area (Å²) in [5.41, 5.74) is 1.32. The van der Waals surface area contributed by atoms with E-state index in [1.165, 1.54) is 18.3 Å². The summed E-state index contributed by atoms with van der Waals surface area (Å²) >= 11 is 0. The maximum absolute atomic E-state index is 2.39. The molecule has 3 rings (SSSR count). The molecule has 0 unspecified atom stereocenters. The normalized spacial score (nSPS) is 15.6. The van der Waals surface area contributed by atoms with E-state index in [0.29, 0.717) is 0 Å². The molecule has 1 aromatic rings. The lowest BCUT2D eigenvalue weighted by atomic mass is 9.97. The molecule has 0 heterocycles. The van der Waals surface area contributed by atoms with Crippen LogP contribution in [0.25, 0.3) is 0 Å². The zero-order valence-electron chi connectivity index (χ0n) is 17.3. The average Bonchev–Trinajstić information content (AvgIpc) is 3.22. The molecule has 0 radical (unpaired) electrons. The highest BCUT2D eigenvalue weighted by molar-refractivity contribution is 6.83. The maximum atomic E-state index is 2.39. The lowest BCUT2D eigenvalue weighted by Crippen LogP contribution is -2.22. The summed E-state index contributed by atoms with van der Waals surface area (Å²) < 4.78 is 0. The zero-order valence-corrected chi connectivity index (χ0v) is 19.3. The Morgan fingerprint density at radius 1 is 0.680 bits per heavy atom. The van der Waals surface area contributed by atoms with Crippen LogP contribution in [0.2, 0.25) is 39.3 Å². The first-order chi connectivity index (χ1) is 11.6. The summed E-state index contributed by atoms with van der Waals surface area (Å²) in [6, 6.07) is 10.3. The first-order valence-corrected chi connectivity index (χ1v) is 16.3. The van der Waals surface area contributed by atoms with Gasteiger partial charge in [0.25, 0.3) is 0 Å². The monoisotopic (exact) mass is 366 g/mol. The summed E-state index contributed by atoms with van der Waals surface area (Å²) in [6.45, 7) is 14.4. The van der Waals surface area contributed by atoms with E-state index in [4.69, 9.17) is 0 Å². The summed E-state index contributed by atoms with van der Waals surface area (Å²) in [4.78, 5) is 0.